The SMILES string of the molecule is CNCC(=O)NCCNC(=O)N(C)C. The van der Waals surface area contributed by atoms with Crippen molar-refractivity contribution in [3.63, 3.8) is 0 Å². The Morgan fingerprint density at radius 2 is 1.71 bits per heavy atom. The fraction of sp³-hybridized carbons (Fsp3) is 0.750. The number of carbonyl (C=O) groups is 2. The maximum Gasteiger partial charge on any atom is 0.316 e. The van der Waals surface area contributed by atoms with Crippen molar-refractivity contribution in [3.05, 3.63) is 0 Å². The monoisotopic (exact) mass is 202 g/mol. The summed E-state index contributed by atoms with van der Waals surface area (Å²) in [5, 5.41) is 8.00. The molecule has 0 heterocycles. The largest absolute Gasteiger partial charge is 0.353 e. The molecule has 14 heavy (non-hydrogen) atoms. The number of nitrogens with one attached hydrogen (secondary N) is 3. The van der Waals surface area contributed by atoms with Crippen LogP contribution in [0.5, 0.6) is 0 Å². The highest BCUT2D eigenvalue weighted by Gasteiger charge is 2.01. The zero-order valence-corrected chi connectivity index (χ0v) is 8.89. The molecule has 0 aromatic rings. The minimum atomic E-state index is -0.159. The summed E-state index contributed by atoms with van der Waals surface area (Å²) in [5.74, 6) is -0.0772. The second-order valence-corrected chi connectivity index (χ2v) is 3.01. The molecule has 0 atom stereocenters. The van der Waals surface area contributed by atoms with E-state index in [1.807, 2.05) is 0 Å². The third kappa shape index (κ3) is 6.24. The Bertz CT molecular complexity index is 194. The molecule has 0 bridgehead atoms. The maximum atomic E-state index is 11.0. The van der Waals surface area contributed by atoms with Crippen LogP contribution in [0.25, 0.3) is 0 Å². The molecule has 3 N–H and O–H groups in total. The zero-order valence-electron chi connectivity index (χ0n) is 8.89. The van der Waals surface area contributed by atoms with Crippen LogP contribution in [0.1, 0.15) is 0 Å². The van der Waals surface area contributed by atoms with Gasteiger partial charge in [-0.25, -0.2) is 4.79 Å². The molecule has 0 fully saturated rings. The molecule has 0 saturated carbocycles. The Kier molecular flexibility index (Phi) is 6.47. The normalized spacial score (nSPS) is 9.36. The summed E-state index contributed by atoms with van der Waals surface area (Å²) in [5.41, 5.74) is 0. The van der Waals surface area contributed by atoms with Gasteiger partial charge in [0.1, 0.15) is 0 Å². The van der Waals surface area contributed by atoms with Crippen molar-refractivity contribution in [1.29, 1.82) is 0 Å². The van der Waals surface area contributed by atoms with Gasteiger partial charge in [0.25, 0.3) is 0 Å². The van der Waals surface area contributed by atoms with Gasteiger partial charge in [0, 0.05) is 27.2 Å². The van der Waals surface area contributed by atoms with Gasteiger partial charge in [-0.05, 0) is 7.05 Å². The van der Waals surface area contributed by atoms with Crippen LogP contribution in [0, 0.1) is 0 Å². The van der Waals surface area contributed by atoms with E-state index in [-0.39, 0.29) is 11.9 Å². The lowest BCUT2D eigenvalue weighted by atomic mass is 10.5. The van der Waals surface area contributed by atoms with Crippen LogP contribution in [0.2, 0.25) is 0 Å². The lowest BCUT2D eigenvalue weighted by Gasteiger charge is -2.12. The highest BCUT2D eigenvalue weighted by atomic mass is 16.2. The zero-order chi connectivity index (χ0) is 11.0. The molecule has 0 rings (SSSR count). The summed E-state index contributed by atoms with van der Waals surface area (Å²) in [4.78, 5) is 23.4. The Labute approximate surface area is 84.0 Å². The van der Waals surface area contributed by atoms with Crippen molar-refractivity contribution >= 4 is 11.9 Å². The Hall–Kier alpha value is -1.30. The maximum absolute atomic E-state index is 11.0. The van der Waals surface area contributed by atoms with Crippen molar-refractivity contribution in [3.8, 4) is 0 Å². The van der Waals surface area contributed by atoms with Crippen LogP contribution in [-0.2, 0) is 4.79 Å². The average Bonchev–Trinajstić information content (AvgIpc) is 2.12. The minimum absolute atomic E-state index is 0.0772. The van der Waals surface area contributed by atoms with Gasteiger partial charge in [0.15, 0.2) is 0 Å². The topological polar surface area (TPSA) is 73.5 Å². The third-order valence-corrected chi connectivity index (χ3v) is 1.47. The van der Waals surface area contributed by atoms with Gasteiger partial charge in [-0.1, -0.05) is 0 Å². The summed E-state index contributed by atoms with van der Waals surface area (Å²) in [7, 11) is 5.03. The summed E-state index contributed by atoms with van der Waals surface area (Å²) in [6.07, 6.45) is 0. The summed E-state index contributed by atoms with van der Waals surface area (Å²) >= 11 is 0. The van der Waals surface area contributed by atoms with Gasteiger partial charge in [-0.15, -0.1) is 0 Å². The van der Waals surface area contributed by atoms with Crippen LogP contribution in [0.15, 0.2) is 0 Å². The van der Waals surface area contributed by atoms with Gasteiger partial charge in [0.05, 0.1) is 6.54 Å². The lowest BCUT2D eigenvalue weighted by molar-refractivity contribution is -0.120. The van der Waals surface area contributed by atoms with Gasteiger partial charge >= 0.3 is 6.03 Å². The van der Waals surface area contributed by atoms with Gasteiger partial charge < -0.3 is 20.9 Å². The van der Waals surface area contributed by atoms with Crippen LogP contribution in [0.3, 0.4) is 0 Å². The number of nitrogens with zero attached hydrogens (tertiary/aromatic N) is 1. The first kappa shape index (κ1) is 12.7. The molecular formula is C8H18N4O2. The third-order valence-electron chi connectivity index (χ3n) is 1.47. The molecule has 0 aliphatic carbocycles. The van der Waals surface area contributed by atoms with E-state index in [2.05, 4.69) is 16.0 Å². The van der Waals surface area contributed by atoms with Crippen LogP contribution in [0.4, 0.5) is 4.79 Å². The second-order valence-electron chi connectivity index (χ2n) is 3.01. The first-order valence-corrected chi connectivity index (χ1v) is 4.44. The smallest absolute Gasteiger partial charge is 0.316 e. The van der Waals surface area contributed by atoms with Crippen LogP contribution in [-0.4, -0.2) is 57.6 Å². The van der Waals surface area contributed by atoms with Gasteiger partial charge in [-0.2, -0.15) is 0 Å². The number of urea groups is 1. The summed E-state index contributed by atoms with van der Waals surface area (Å²) < 4.78 is 0. The van der Waals surface area contributed by atoms with Crippen molar-refractivity contribution < 1.29 is 9.59 Å². The molecule has 0 aliphatic rings. The van der Waals surface area contributed by atoms with E-state index in [1.165, 1.54) is 4.90 Å². The Balaban J connectivity index is 3.38. The van der Waals surface area contributed by atoms with Crippen LogP contribution >= 0.6 is 0 Å². The van der Waals surface area contributed by atoms with E-state index < -0.39 is 0 Å². The van der Waals surface area contributed by atoms with E-state index in [0.29, 0.717) is 19.6 Å². The standard InChI is InChI=1S/C8H18N4O2/c1-9-6-7(13)10-4-5-11-8(14)12(2)3/h9H,4-6H2,1-3H3,(H,10,13)(H,11,14). The predicted octanol–water partition coefficient (Wildman–Crippen LogP) is -1.41. The first-order chi connectivity index (χ1) is 6.57. The van der Waals surface area contributed by atoms with Gasteiger partial charge in [-0.3, -0.25) is 4.79 Å². The van der Waals surface area contributed by atoms with Crippen molar-refractivity contribution in [2.45, 2.75) is 0 Å². The molecule has 0 saturated heterocycles. The molecule has 0 aromatic heterocycles. The van der Waals surface area contributed by atoms with Crippen molar-refractivity contribution in [2.75, 3.05) is 40.8 Å². The molecule has 0 aromatic carbocycles. The number of amides is 3. The molecule has 0 aliphatic heterocycles. The highest BCUT2D eigenvalue weighted by molar-refractivity contribution is 5.78. The number of likely N-dealkylation sites (N-methyl/N-ethyl adjacent to an activating group) is 1. The van der Waals surface area contributed by atoms with Gasteiger partial charge in [0.2, 0.25) is 5.91 Å². The fourth-order valence-electron chi connectivity index (χ4n) is 0.753. The van der Waals surface area contributed by atoms with E-state index in [0.717, 1.165) is 0 Å². The molecular weight excluding hydrogens is 184 g/mol. The number of hydrogen-bond donors (Lipinski definition) is 3. The second kappa shape index (κ2) is 7.14. The van der Waals surface area contributed by atoms with Crippen molar-refractivity contribution in [1.82, 2.24) is 20.9 Å². The van der Waals surface area contributed by atoms with Crippen molar-refractivity contribution in [2.24, 2.45) is 0 Å². The Morgan fingerprint density at radius 3 is 2.21 bits per heavy atom. The predicted molar refractivity (Wildman–Crippen MR) is 54.0 cm³/mol. The Morgan fingerprint density at radius 1 is 1.14 bits per heavy atom. The number of hydrogen-bond acceptors (Lipinski definition) is 3. The minimum Gasteiger partial charge on any atom is -0.353 e. The molecule has 6 heteroatoms. The fourth-order valence-corrected chi connectivity index (χ4v) is 0.753. The number of carbonyl (C=O) groups excluding carboxylic acids is 2. The lowest BCUT2D eigenvalue weighted by Crippen LogP contribution is -2.41. The highest BCUT2D eigenvalue weighted by Crippen LogP contribution is 1.74. The molecule has 0 unspecified atom stereocenters. The van der Waals surface area contributed by atoms with Crippen LogP contribution < -0.4 is 16.0 Å². The van der Waals surface area contributed by atoms with E-state index in [4.69, 9.17) is 0 Å². The first-order valence-electron chi connectivity index (χ1n) is 4.44. The average molecular weight is 202 g/mol. The number of rotatable bonds is 5. The van der Waals surface area contributed by atoms with E-state index in [9.17, 15) is 9.59 Å². The molecule has 0 spiro atoms. The summed E-state index contributed by atoms with van der Waals surface area (Å²) in [6, 6.07) is -0.159. The molecule has 0 radical (unpaired) electrons. The summed E-state index contributed by atoms with van der Waals surface area (Å²) in [6.45, 7) is 1.17. The van der Waals surface area contributed by atoms with E-state index >= 15 is 0 Å². The molecule has 82 valence electrons. The molecule has 3 amide bonds. The quantitative estimate of drug-likeness (QED) is 0.480. The molecule has 6 nitrogen and oxygen atoms in total. The van der Waals surface area contributed by atoms with E-state index in [1.54, 1.807) is 21.1 Å².